The molecule has 0 aromatic rings. The monoisotopic (exact) mass is 304 g/mol. The van der Waals surface area contributed by atoms with Crippen LogP contribution in [-0.2, 0) is 9.59 Å². The number of carboxylic acids is 2. The van der Waals surface area contributed by atoms with E-state index < -0.39 is 24.0 Å². The average molecular weight is 304 g/mol. The Morgan fingerprint density at radius 3 is 1.48 bits per heavy atom. The van der Waals surface area contributed by atoms with E-state index in [1.54, 1.807) is 0 Å². The first-order valence-corrected chi connectivity index (χ1v) is 7.35. The molecule has 0 aromatic carbocycles. The molecule has 0 fully saturated rings. The zero-order chi connectivity index (χ0) is 16.1. The van der Waals surface area contributed by atoms with E-state index in [2.05, 4.69) is 10.6 Å². The molecule has 124 valence electrons. The Kier molecular flexibility index (Phi) is 11.8. The number of unbranched alkanes of at least 4 members (excludes halogenated alkanes) is 2. The number of nitrogens with two attached hydrogens (primary N) is 2. The summed E-state index contributed by atoms with van der Waals surface area (Å²) in [7, 11) is 0. The van der Waals surface area contributed by atoms with Crippen molar-refractivity contribution in [2.24, 2.45) is 11.5 Å². The Morgan fingerprint density at radius 1 is 0.810 bits per heavy atom. The molecule has 0 rings (SSSR count). The van der Waals surface area contributed by atoms with Gasteiger partial charge in [0.15, 0.2) is 0 Å². The summed E-state index contributed by atoms with van der Waals surface area (Å²) in [6.45, 7) is 1.21. The Balaban J connectivity index is 4.06. The van der Waals surface area contributed by atoms with Crippen molar-refractivity contribution in [2.75, 3.05) is 19.8 Å². The van der Waals surface area contributed by atoms with Gasteiger partial charge in [0.05, 0.1) is 0 Å². The molecular weight excluding hydrogens is 276 g/mol. The lowest BCUT2D eigenvalue weighted by atomic mass is 10.1. The second-order valence-corrected chi connectivity index (χ2v) is 4.94. The molecule has 0 radical (unpaired) electrons. The molecule has 0 saturated carbocycles. The van der Waals surface area contributed by atoms with Gasteiger partial charge < -0.3 is 21.7 Å². The fourth-order valence-electron chi connectivity index (χ4n) is 1.92. The molecule has 2 atom stereocenters. The lowest BCUT2D eigenvalue weighted by molar-refractivity contribution is -0.139. The quantitative estimate of drug-likeness (QED) is 0.182. The van der Waals surface area contributed by atoms with E-state index >= 15 is 0 Å². The Labute approximate surface area is 125 Å². The van der Waals surface area contributed by atoms with Gasteiger partial charge in [-0.05, 0) is 38.8 Å². The molecule has 0 saturated heterocycles. The van der Waals surface area contributed by atoms with Crippen LogP contribution in [0.25, 0.3) is 0 Å². The summed E-state index contributed by atoms with van der Waals surface area (Å²) < 4.78 is 0. The van der Waals surface area contributed by atoms with Gasteiger partial charge in [-0.15, -0.1) is 0 Å². The third-order valence-corrected chi connectivity index (χ3v) is 3.19. The first kappa shape index (κ1) is 19.8. The van der Waals surface area contributed by atoms with E-state index in [9.17, 15) is 9.59 Å². The predicted molar refractivity (Wildman–Crippen MR) is 79.8 cm³/mol. The molecule has 0 aliphatic carbocycles. The standard InChI is InChI=1S/C13H28N4O4/c14-7-3-1-5-10(12(18)19)16-9-17-11(13(20)21)6-2-4-8-15/h10-11,16-17H,1-9,14-15H2,(H,18,19)(H,20,21)/t10-,11-/m0/s1. The van der Waals surface area contributed by atoms with Crippen molar-refractivity contribution in [1.82, 2.24) is 10.6 Å². The van der Waals surface area contributed by atoms with Crippen LogP contribution in [-0.4, -0.2) is 54.0 Å². The van der Waals surface area contributed by atoms with Crippen LogP contribution in [0.1, 0.15) is 38.5 Å². The topological polar surface area (TPSA) is 151 Å². The number of nitrogens with one attached hydrogen (secondary N) is 2. The van der Waals surface area contributed by atoms with Crippen LogP contribution in [0.5, 0.6) is 0 Å². The molecule has 21 heavy (non-hydrogen) atoms. The van der Waals surface area contributed by atoms with Gasteiger partial charge in [0.1, 0.15) is 12.1 Å². The van der Waals surface area contributed by atoms with E-state index in [0.29, 0.717) is 25.9 Å². The van der Waals surface area contributed by atoms with Crippen molar-refractivity contribution in [3.8, 4) is 0 Å². The fourth-order valence-corrected chi connectivity index (χ4v) is 1.92. The van der Waals surface area contributed by atoms with Crippen LogP contribution in [0.4, 0.5) is 0 Å². The van der Waals surface area contributed by atoms with Gasteiger partial charge in [0, 0.05) is 6.67 Å². The summed E-state index contributed by atoms with van der Waals surface area (Å²) in [5.41, 5.74) is 10.7. The molecule has 0 aromatic heterocycles. The van der Waals surface area contributed by atoms with Crippen LogP contribution in [0, 0.1) is 0 Å². The zero-order valence-electron chi connectivity index (χ0n) is 12.4. The maximum absolute atomic E-state index is 11.1. The van der Waals surface area contributed by atoms with E-state index in [0.717, 1.165) is 25.7 Å². The molecule has 0 heterocycles. The highest BCUT2D eigenvalue weighted by atomic mass is 16.4. The van der Waals surface area contributed by atoms with Crippen molar-refractivity contribution in [1.29, 1.82) is 0 Å². The number of aliphatic carboxylic acids is 2. The first-order chi connectivity index (χ1) is 10.0. The summed E-state index contributed by atoms with van der Waals surface area (Å²) in [5, 5.41) is 23.8. The van der Waals surface area contributed by atoms with E-state index in [1.807, 2.05) is 0 Å². The van der Waals surface area contributed by atoms with Gasteiger partial charge in [-0.3, -0.25) is 20.2 Å². The fraction of sp³-hybridized carbons (Fsp3) is 0.846. The highest BCUT2D eigenvalue weighted by Gasteiger charge is 2.19. The first-order valence-electron chi connectivity index (χ1n) is 7.35. The van der Waals surface area contributed by atoms with Crippen LogP contribution in [0.2, 0.25) is 0 Å². The molecule has 0 spiro atoms. The van der Waals surface area contributed by atoms with Crippen molar-refractivity contribution in [2.45, 2.75) is 50.6 Å². The van der Waals surface area contributed by atoms with E-state index in [1.165, 1.54) is 0 Å². The van der Waals surface area contributed by atoms with Gasteiger partial charge in [-0.1, -0.05) is 12.8 Å². The Bertz CT molecular complexity index is 274. The van der Waals surface area contributed by atoms with Crippen molar-refractivity contribution >= 4 is 11.9 Å². The van der Waals surface area contributed by atoms with E-state index in [4.69, 9.17) is 21.7 Å². The number of carbonyl (C=O) groups is 2. The smallest absolute Gasteiger partial charge is 0.320 e. The third-order valence-electron chi connectivity index (χ3n) is 3.19. The minimum absolute atomic E-state index is 0.138. The highest BCUT2D eigenvalue weighted by Crippen LogP contribution is 2.02. The number of hydrogen-bond acceptors (Lipinski definition) is 6. The van der Waals surface area contributed by atoms with Gasteiger partial charge in [0.25, 0.3) is 0 Å². The van der Waals surface area contributed by atoms with Gasteiger partial charge >= 0.3 is 11.9 Å². The molecule has 0 unspecified atom stereocenters. The summed E-state index contributed by atoms with van der Waals surface area (Å²) in [6.07, 6.45) is 3.93. The minimum atomic E-state index is -0.941. The van der Waals surface area contributed by atoms with E-state index in [-0.39, 0.29) is 6.67 Å². The Hall–Kier alpha value is -1.22. The molecule has 0 aliphatic heterocycles. The molecule has 0 bridgehead atoms. The van der Waals surface area contributed by atoms with Gasteiger partial charge in [0.2, 0.25) is 0 Å². The maximum atomic E-state index is 11.1. The van der Waals surface area contributed by atoms with Gasteiger partial charge in [-0.2, -0.15) is 0 Å². The molecule has 0 amide bonds. The normalized spacial score (nSPS) is 13.8. The summed E-state index contributed by atoms with van der Waals surface area (Å²) in [5.74, 6) is -1.88. The second kappa shape index (κ2) is 12.5. The summed E-state index contributed by atoms with van der Waals surface area (Å²) in [4.78, 5) is 22.1. The third kappa shape index (κ3) is 10.2. The van der Waals surface area contributed by atoms with Crippen molar-refractivity contribution in [3.05, 3.63) is 0 Å². The van der Waals surface area contributed by atoms with Crippen LogP contribution in [0.15, 0.2) is 0 Å². The SMILES string of the molecule is NCCCC[C@H](NCN[C@@H](CCCCN)C(=O)O)C(=O)O. The molecule has 0 aliphatic rings. The zero-order valence-corrected chi connectivity index (χ0v) is 12.4. The van der Waals surface area contributed by atoms with Crippen LogP contribution in [0.3, 0.4) is 0 Å². The average Bonchev–Trinajstić information content (AvgIpc) is 2.43. The van der Waals surface area contributed by atoms with Gasteiger partial charge in [-0.25, -0.2) is 0 Å². The van der Waals surface area contributed by atoms with Crippen molar-refractivity contribution in [3.63, 3.8) is 0 Å². The second-order valence-electron chi connectivity index (χ2n) is 4.94. The predicted octanol–water partition coefficient (Wildman–Crippen LogP) is -0.712. The Morgan fingerprint density at radius 2 is 1.19 bits per heavy atom. The highest BCUT2D eigenvalue weighted by molar-refractivity contribution is 5.74. The lowest BCUT2D eigenvalue weighted by Crippen LogP contribution is -2.47. The molecule has 8 N–H and O–H groups in total. The minimum Gasteiger partial charge on any atom is -0.480 e. The molecular formula is C13H28N4O4. The van der Waals surface area contributed by atoms with Crippen LogP contribution < -0.4 is 22.1 Å². The summed E-state index contributed by atoms with van der Waals surface area (Å²) in [6, 6.07) is -1.38. The summed E-state index contributed by atoms with van der Waals surface area (Å²) >= 11 is 0. The number of hydrogen-bond donors (Lipinski definition) is 6. The lowest BCUT2D eigenvalue weighted by Gasteiger charge is -2.18. The largest absolute Gasteiger partial charge is 0.480 e. The maximum Gasteiger partial charge on any atom is 0.320 e. The van der Waals surface area contributed by atoms with Crippen LogP contribution >= 0.6 is 0 Å². The molecule has 8 nitrogen and oxygen atoms in total. The number of carboxylic acid groups (broad SMARTS) is 2. The number of rotatable bonds is 14. The molecule has 8 heteroatoms. The van der Waals surface area contributed by atoms with Crippen molar-refractivity contribution < 1.29 is 19.8 Å².